The van der Waals surface area contributed by atoms with E-state index in [2.05, 4.69) is 39.9 Å². The molecule has 4 heterocycles. The lowest BCUT2D eigenvalue weighted by Crippen LogP contribution is -2.28. The molecule has 0 radical (unpaired) electrons. The number of hydrogen-bond acceptors (Lipinski definition) is 7. The average molecular weight is 421 g/mol. The van der Waals surface area contributed by atoms with Gasteiger partial charge in [-0.3, -0.25) is 5.10 Å². The number of nitrogens with zero attached hydrogens (tertiary/aromatic N) is 3. The van der Waals surface area contributed by atoms with Gasteiger partial charge in [-0.1, -0.05) is 19.1 Å². The predicted octanol–water partition coefficient (Wildman–Crippen LogP) is 4.40. The number of para-hydroxylation sites is 1. The lowest BCUT2D eigenvalue weighted by atomic mass is 9.93. The van der Waals surface area contributed by atoms with Crippen molar-refractivity contribution in [3.05, 3.63) is 41.6 Å². The van der Waals surface area contributed by atoms with E-state index in [4.69, 9.17) is 19.4 Å². The van der Waals surface area contributed by atoms with Crippen LogP contribution in [-0.2, 0) is 4.74 Å². The van der Waals surface area contributed by atoms with Gasteiger partial charge in [-0.2, -0.15) is 5.10 Å². The van der Waals surface area contributed by atoms with E-state index in [9.17, 15) is 0 Å². The number of aryl methyl sites for hydroxylation is 1. The van der Waals surface area contributed by atoms with Crippen molar-refractivity contribution in [3.8, 4) is 17.1 Å². The highest BCUT2D eigenvalue weighted by Gasteiger charge is 2.23. The molecular weight excluding hydrogens is 392 g/mol. The summed E-state index contributed by atoms with van der Waals surface area (Å²) in [6.07, 6.45) is 2.94. The van der Waals surface area contributed by atoms with Crippen LogP contribution in [0.3, 0.4) is 0 Å². The Balaban J connectivity index is 1.53. The molecule has 2 aliphatic rings. The number of nitrogens with one attached hydrogen (secondary N) is 3. The molecule has 0 spiro atoms. The standard InChI is InChI=1S/C23H28N6O2/c1-14-6-11-31-22-17(14)4-3-5-18(22)23-26-19(24-16-7-9-30-10-8-16)13-20(27-23)25-21-12-15(2)28-29-21/h3-5,12-14,16H,6-11H2,1-2H3,(H3,24,25,26,27,28,29). The maximum atomic E-state index is 6.08. The predicted molar refractivity (Wildman–Crippen MR) is 120 cm³/mol. The number of ether oxygens (including phenoxy) is 2. The summed E-state index contributed by atoms with van der Waals surface area (Å²) in [6, 6.07) is 10.4. The van der Waals surface area contributed by atoms with E-state index in [0.29, 0.717) is 30.2 Å². The maximum absolute atomic E-state index is 6.08. The van der Waals surface area contributed by atoms with Crippen molar-refractivity contribution in [3.63, 3.8) is 0 Å². The zero-order chi connectivity index (χ0) is 21.2. The van der Waals surface area contributed by atoms with Gasteiger partial charge in [0.25, 0.3) is 0 Å². The van der Waals surface area contributed by atoms with Gasteiger partial charge >= 0.3 is 0 Å². The third kappa shape index (κ3) is 4.34. The Bertz CT molecular complexity index is 1060. The number of aromatic nitrogens is 4. The summed E-state index contributed by atoms with van der Waals surface area (Å²) in [7, 11) is 0. The van der Waals surface area contributed by atoms with Crippen LogP contribution >= 0.6 is 0 Å². The fourth-order valence-corrected chi connectivity index (χ4v) is 4.14. The van der Waals surface area contributed by atoms with Crippen molar-refractivity contribution >= 4 is 17.5 Å². The smallest absolute Gasteiger partial charge is 0.167 e. The molecule has 1 unspecified atom stereocenters. The molecule has 2 aromatic heterocycles. The SMILES string of the molecule is Cc1cc(Nc2cc(NC3CCOCC3)nc(-c3cccc4c3OCCC4C)n2)n[nH]1. The normalized spacial score (nSPS) is 18.8. The van der Waals surface area contributed by atoms with E-state index in [1.807, 2.05) is 25.1 Å². The fourth-order valence-electron chi connectivity index (χ4n) is 4.14. The minimum atomic E-state index is 0.331. The first-order valence-electron chi connectivity index (χ1n) is 10.9. The van der Waals surface area contributed by atoms with Crippen LogP contribution < -0.4 is 15.4 Å². The molecule has 1 aromatic carbocycles. The Labute approximate surface area is 181 Å². The van der Waals surface area contributed by atoms with Gasteiger partial charge in [-0.15, -0.1) is 0 Å². The summed E-state index contributed by atoms with van der Waals surface area (Å²) in [5.74, 6) is 4.18. The Morgan fingerprint density at radius 1 is 1.00 bits per heavy atom. The number of hydrogen-bond donors (Lipinski definition) is 3. The number of fused-ring (bicyclic) bond motifs is 1. The van der Waals surface area contributed by atoms with Gasteiger partial charge in [0.2, 0.25) is 0 Å². The van der Waals surface area contributed by atoms with Gasteiger partial charge < -0.3 is 20.1 Å². The highest BCUT2D eigenvalue weighted by atomic mass is 16.5. The molecule has 0 aliphatic carbocycles. The van der Waals surface area contributed by atoms with Crippen molar-refractivity contribution in [2.24, 2.45) is 0 Å². The first-order chi connectivity index (χ1) is 15.2. The Kier molecular flexibility index (Phi) is 5.46. The first-order valence-corrected chi connectivity index (χ1v) is 10.9. The second-order valence-corrected chi connectivity index (χ2v) is 8.32. The molecule has 3 N–H and O–H groups in total. The van der Waals surface area contributed by atoms with E-state index in [-0.39, 0.29) is 0 Å². The molecule has 2 aliphatic heterocycles. The van der Waals surface area contributed by atoms with Gasteiger partial charge in [0, 0.05) is 37.1 Å². The van der Waals surface area contributed by atoms with Gasteiger partial charge in [-0.05, 0) is 43.7 Å². The van der Waals surface area contributed by atoms with Crippen LogP contribution in [0.15, 0.2) is 30.3 Å². The molecule has 31 heavy (non-hydrogen) atoms. The fraction of sp³-hybridized carbons (Fsp3) is 0.435. The van der Waals surface area contributed by atoms with Crippen LogP contribution in [0.4, 0.5) is 17.5 Å². The van der Waals surface area contributed by atoms with Crippen LogP contribution in [-0.4, -0.2) is 46.0 Å². The lowest BCUT2D eigenvalue weighted by Gasteiger charge is -2.26. The molecule has 1 saturated heterocycles. The average Bonchev–Trinajstić information content (AvgIpc) is 3.19. The first kappa shape index (κ1) is 19.8. The van der Waals surface area contributed by atoms with E-state index in [0.717, 1.165) is 61.1 Å². The number of H-pyrrole nitrogens is 1. The van der Waals surface area contributed by atoms with Gasteiger partial charge in [-0.25, -0.2) is 9.97 Å². The van der Waals surface area contributed by atoms with Crippen LogP contribution in [0.25, 0.3) is 11.4 Å². The minimum Gasteiger partial charge on any atom is -0.492 e. The molecular formula is C23H28N6O2. The number of aromatic amines is 1. The summed E-state index contributed by atoms with van der Waals surface area (Å²) < 4.78 is 11.6. The molecule has 1 atom stereocenters. The topological polar surface area (TPSA) is 97.0 Å². The van der Waals surface area contributed by atoms with Gasteiger partial charge in [0.15, 0.2) is 11.6 Å². The Morgan fingerprint density at radius 2 is 1.84 bits per heavy atom. The van der Waals surface area contributed by atoms with Crippen LogP contribution in [0.5, 0.6) is 5.75 Å². The van der Waals surface area contributed by atoms with Crippen molar-refractivity contribution in [1.29, 1.82) is 0 Å². The van der Waals surface area contributed by atoms with Crippen molar-refractivity contribution in [1.82, 2.24) is 20.2 Å². The number of benzene rings is 1. The van der Waals surface area contributed by atoms with Crippen molar-refractivity contribution < 1.29 is 9.47 Å². The second-order valence-electron chi connectivity index (χ2n) is 8.32. The van der Waals surface area contributed by atoms with E-state index >= 15 is 0 Å². The third-order valence-electron chi connectivity index (χ3n) is 5.88. The van der Waals surface area contributed by atoms with Crippen molar-refractivity contribution in [2.75, 3.05) is 30.5 Å². The highest BCUT2D eigenvalue weighted by molar-refractivity contribution is 5.71. The minimum absolute atomic E-state index is 0.331. The third-order valence-corrected chi connectivity index (χ3v) is 5.88. The molecule has 8 heteroatoms. The van der Waals surface area contributed by atoms with E-state index < -0.39 is 0 Å². The van der Waals surface area contributed by atoms with Crippen LogP contribution in [0.1, 0.15) is 43.4 Å². The highest BCUT2D eigenvalue weighted by Crippen LogP contribution is 2.40. The van der Waals surface area contributed by atoms with Gasteiger partial charge in [0.05, 0.1) is 12.2 Å². The molecule has 8 nitrogen and oxygen atoms in total. The van der Waals surface area contributed by atoms with Gasteiger partial charge in [0.1, 0.15) is 17.4 Å². The second kappa shape index (κ2) is 8.55. The molecule has 5 rings (SSSR count). The summed E-state index contributed by atoms with van der Waals surface area (Å²) >= 11 is 0. The largest absolute Gasteiger partial charge is 0.492 e. The molecule has 0 bridgehead atoms. The summed E-state index contributed by atoms with van der Waals surface area (Å²) in [6.45, 7) is 6.46. The zero-order valence-electron chi connectivity index (χ0n) is 17.9. The molecule has 162 valence electrons. The van der Waals surface area contributed by atoms with Crippen molar-refractivity contribution in [2.45, 2.75) is 45.1 Å². The quantitative estimate of drug-likeness (QED) is 0.563. The van der Waals surface area contributed by atoms with Crippen LogP contribution in [0.2, 0.25) is 0 Å². The molecule has 3 aromatic rings. The molecule has 0 amide bonds. The van der Waals surface area contributed by atoms with E-state index in [1.165, 1.54) is 5.56 Å². The number of rotatable bonds is 5. The van der Waals surface area contributed by atoms with Crippen LogP contribution in [0, 0.1) is 6.92 Å². The zero-order valence-corrected chi connectivity index (χ0v) is 17.9. The summed E-state index contributed by atoms with van der Waals surface area (Å²) in [4.78, 5) is 9.68. The summed E-state index contributed by atoms with van der Waals surface area (Å²) in [5, 5.41) is 14.1. The molecule has 0 saturated carbocycles. The Hall–Kier alpha value is -3.13. The Morgan fingerprint density at radius 3 is 2.65 bits per heavy atom. The maximum Gasteiger partial charge on any atom is 0.167 e. The van der Waals surface area contributed by atoms with E-state index in [1.54, 1.807) is 0 Å². The lowest BCUT2D eigenvalue weighted by molar-refractivity contribution is 0.0904. The summed E-state index contributed by atoms with van der Waals surface area (Å²) in [5.41, 5.74) is 3.12. The molecule has 1 fully saturated rings. The monoisotopic (exact) mass is 420 g/mol. The number of anilines is 3.